The molecule has 1 heterocycles. The minimum absolute atomic E-state index is 0.156. The van der Waals surface area contributed by atoms with Crippen molar-refractivity contribution in [2.75, 3.05) is 14.2 Å². The van der Waals surface area contributed by atoms with E-state index in [1.54, 1.807) is 24.5 Å². The maximum atomic E-state index is 11.3. The number of esters is 2. The van der Waals surface area contributed by atoms with Gasteiger partial charge in [-0.2, -0.15) is 0 Å². The van der Waals surface area contributed by atoms with Gasteiger partial charge in [0.1, 0.15) is 5.57 Å². The Labute approximate surface area is 92.7 Å². The molecule has 0 aliphatic heterocycles. The number of nitrogens with zero attached hydrogens (tertiary/aromatic N) is 1. The topological polar surface area (TPSA) is 65.5 Å². The molecule has 0 fully saturated rings. The molecule has 16 heavy (non-hydrogen) atoms. The molecule has 0 amide bonds. The third kappa shape index (κ3) is 2.91. The first-order chi connectivity index (χ1) is 7.69. The number of carbonyl (C=O) groups excluding carboxylic acids is 2. The van der Waals surface area contributed by atoms with Gasteiger partial charge in [-0.15, -0.1) is 0 Å². The number of carbonyl (C=O) groups is 2. The van der Waals surface area contributed by atoms with Crippen LogP contribution in [0.3, 0.4) is 0 Å². The molecule has 0 spiro atoms. The van der Waals surface area contributed by atoms with Crippen LogP contribution in [0.5, 0.6) is 0 Å². The lowest BCUT2D eigenvalue weighted by atomic mass is 10.1. The van der Waals surface area contributed by atoms with Crippen LogP contribution in [0.15, 0.2) is 30.1 Å². The number of methoxy groups -OCH3 is 2. The van der Waals surface area contributed by atoms with Crippen LogP contribution in [0.4, 0.5) is 0 Å². The fraction of sp³-hybridized carbons (Fsp3) is 0.182. The van der Waals surface area contributed by atoms with Crippen molar-refractivity contribution in [3.05, 3.63) is 35.7 Å². The molecule has 0 aliphatic carbocycles. The summed E-state index contributed by atoms with van der Waals surface area (Å²) in [6.45, 7) is 0. The molecule has 84 valence electrons. The molecule has 0 aliphatic rings. The number of hydrogen-bond donors (Lipinski definition) is 0. The van der Waals surface area contributed by atoms with E-state index in [4.69, 9.17) is 0 Å². The number of aromatic nitrogens is 1. The van der Waals surface area contributed by atoms with Crippen LogP contribution in [0.2, 0.25) is 0 Å². The molecule has 5 heteroatoms. The molecule has 0 N–H and O–H groups in total. The fourth-order valence-electron chi connectivity index (χ4n) is 1.05. The van der Waals surface area contributed by atoms with Gasteiger partial charge in [-0.3, -0.25) is 4.98 Å². The van der Waals surface area contributed by atoms with Crippen molar-refractivity contribution in [3.63, 3.8) is 0 Å². The van der Waals surface area contributed by atoms with Gasteiger partial charge in [-0.05, 0) is 23.8 Å². The van der Waals surface area contributed by atoms with Crippen molar-refractivity contribution in [2.45, 2.75) is 0 Å². The molecule has 0 radical (unpaired) electrons. The van der Waals surface area contributed by atoms with Gasteiger partial charge in [0, 0.05) is 12.4 Å². The van der Waals surface area contributed by atoms with E-state index < -0.39 is 11.9 Å². The lowest BCUT2D eigenvalue weighted by molar-refractivity contribution is -0.143. The highest BCUT2D eigenvalue weighted by molar-refractivity contribution is 6.17. The first-order valence-electron chi connectivity index (χ1n) is 4.47. The fourth-order valence-corrected chi connectivity index (χ4v) is 1.05. The molecule has 1 aromatic rings. The van der Waals surface area contributed by atoms with Crippen molar-refractivity contribution < 1.29 is 19.1 Å². The Morgan fingerprint density at radius 3 is 2.06 bits per heavy atom. The van der Waals surface area contributed by atoms with Crippen molar-refractivity contribution in [3.8, 4) is 0 Å². The normalized spacial score (nSPS) is 9.12. The van der Waals surface area contributed by atoms with E-state index in [2.05, 4.69) is 14.5 Å². The van der Waals surface area contributed by atoms with E-state index >= 15 is 0 Å². The summed E-state index contributed by atoms with van der Waals surface area (Å²) in [7, 11) is 2.40. The van der Waals surface area contributed by atoms with Gasteiger partial charge >= 0.3 is 11.9 Å². The van der Waals surface area contributed by atoms with E-state index in [1.807, 2.05) is 0 Å². The first kappa shape index (κ1) is 11.9. The average molecular weight is 221 g/mol. The molecule has 0 saturated carbocycles. The van der Waals surface area contributed by atoms with Crippen LogP contribution in [-0.2, 0) is 19.1 Å². The Bertz CT molecular complexity index is 393. The molecule has 0 unspecified atom stereocenters. The average Bonchev–Trinajstić information content (AvgIpc) is 2.35. The van der Waals surface area contributed by atoms with E-state index in [0.717, 1.165) is 0 Å². The van der Waals surface area contributed by atoms with E-state index in [1.165, 1.54) is 20.3 Å². The Hall–Kier alpha value is -2.17. The Morgan fingerprint density at radius 1 is 1.12 bits per heavy atom. The van der Waals surface area contributed by atoms with Crippen molar-refractivity contribution in [1.82, 2.24) is 4.98 Å². The second-order valence-electron chi connectivity index (χ2n) is 2.82. The predicted octanol–water partition coefficient (Wildman–Crippen LogP) is 0.811. The van der Waals surface area contributed by atoms with Crippen molar-refractivity contribution in [2.24, 2.45) is 0 Å². The lowest BCUT2D eigenvalue weighted by Crippen LogP contribution is -2.15. The van der Waals surface area contributed by atoms with Crippen molar-refractivity contribution in [1.29, 1.82) is 0 Å². The molecular formula is C11H11NO4. The van der Waals surface area contributed by atoms with Crippen LogP contribution in [0.1, 0.15) is 5.56 Å². The third-order valence-corrected chi connectivity index (χ3v) is 1.83. The minimum atomic E-state index is -0.733. The summed E-state index contributed by atoms with van der Waals surface area (Å²) in [5.74, 6) is -1.47. The van der Waals surface area contributed by atoms with Crippen LogP contribution in [0, 0.1) is 0 Å². The molecule has 1 aromatic heterocycles. The quantitative estimate of drug-likeness (QED) is 0.327. The van der Waals surface area contributed by atoms with Crippen LogP contribution >= 0.6 is 0 Å². The zero-order chi connectivity index (χ0) is 12.0. The maximum absolute atomic E-state index is 11.3. The maximum Gasteiger partial charge on any atom is 0.345 e. The molecule has 0 bridgehead atoms. The summed E-state index contributed by atoms with van der Waals surface area (Å²) in [4.78, 5) is 26.4. The second kappa shape index (κ2) is 5.65. The van der Waals surface area contributed by atoms with Gasteiger partial charge in [0.05, 0.1) is 14.2 Å². The summed E-state index contributed by atoms with van der Waals surface area (Å²) in [6, 6.07) is 3.32. The van der Waals surface area contributed by atoms with E-state index in [-0.39, 0.29) is 5.57 Å². The molecule has 1 rings (SSSR count). The molecule has 0 saturated heterocycles. The van der Waals surface area contributed by atoms with Gasteiger partial charge in [0.15, 0.2) is 0 Å². The molecule has 5 nitrogen and oxygen atoms in total. The SMILES string of the molecule is COC(=O)C(=Cc1ccncc1)C(=O)OC. The van der Waals surface area contributed by atoms with Gasteiger partial charge in [-0.25, -0.2) is 9.59 Å². The van der Waals surface area contributed by atoms with E-state index in [9.17, 15) is 9.59 Å². The summed E-state index contributed by atoms with van der Waals surface area (Å²) < 4.78 is 8.97. The first-order valence-corrected chi connectivity index (χ1v) is 4.47. The zero-order valence-corrected chi connectivity index (χ0v) is 8.97. The van der Waals surface area contributed by atoms with Crippen LogP contribution in [-0.4, -0.2) is 31.1 Å². The summed E-state index contributed by atoms with van der Waals surface area (Å²) in [5, 5.41) is 0. The largest absolute Gasteiger partial charge is 0.465 e. The van der Waals surface area contributed by atoms with Crippen LogP contribution < -0.4 is 0 Å². The highest BCUT2D eigenvalue weighted by Gasteiger charge is 2.19. The Balaban J connectivity index is 3.06. The molecule has 0 aromatic carbocycles. The Kier molecular flexibility index (Phi) is 4.20. The number of hydrogen-bond acceptors (Lipinski definition) is 5. The predicted molar refractivity (Wildman–Crippen MR) is 56.2 cm³/mol. The van der Waals surface area contributed by atoms with Gasteiger partial charge in [-0.1, -0.05) is 0 Å². The van der Waals surface area contributed by atoms with Crippen molar-refractivity contribution >= 4 is 18.0 Å². The summed E-state index contributed by atoms with van der Waals surface area (Å²) in [5.41, 5.74) is 0.511. The highest BCUT2D eigenvalue weighted by Crippen LogP contribution is 2.08. The third-order valence-electron chi connectivity index (χ3n) is 1.83. The Morgan fingerprint density at radius 2 is 1.62 bits per heavy atom. The second-order valence-corrected chi connectivity index (χ2v) is 2.82. The van der Waals surface area contributed by atoms with Gasteiger partial charge in [0.2, 0.25) is 0 Å². The summed E-state index contributed by atoms with van der Waals surface area (Å²) in [6.07, 6.45) is 4.50. The highest BCUT2D eigenvalue weighted by atomic mass is 16.5. The standard InChI is InChI=1S/C11H11NO4/c1-15-10(13)9(11(14)16-2)7-8-3-5-12-6-4-8/h3-7H,1-2H3. The molecule has 0 atom stereocenters. The van der Waals surface area contributed by atoms with E-state index in [0.29, 0.717) is 5.56 Å². The van der Waals surface area contributed by atoms with Gasteiger partial charge < -0.3 is 9.47 Å². The lowest BCUT2D eigenvalue weighted by Gasteiger charge is -2.02. The van der Waals surface area contributed by atoms with Crippen LogP contribution in [0.25, 0.3) is 6.08 Å². The van der Waals surface area contributed by atoms with Gasteiger partial charge in [0.25, 0.3) is 0 Å². The number of ether oxygens (including phenoxy) is 2. The smallest absolute Gasteiger partial charge is 0.345 e. The zero-order valence-electron chi connectivity index (χ0n) is 8.97. The summed E-state index contributed by atoms with van der Waals surface area (Å²) >= 11 is 0. The number of rotatable bonds is 3. The monoisotopic (exact) mass is 221 g/mol. The number of pyridine rings is 1. The minimum Gasteiger partial charge on any atom is -0.465 e. The molecular weight excluding hydrogens is 210 g/mol.